The molecule has 0 heterocycles. The molecule has 0 bridgehead atoms. The summed E-state index contributed by atoms with van der Waals surface area (Å²) in [4.78, 5) is 0. The predicted molar refractivity (Wildman–Crippen MR) is 85.3 cm³/mol. The standard InChI is InChI=1S/C18H23NO/c1-12-5-7-16(9-14(12)3)18(20)11-19-17-8-6-13(2)15(4)10-17/h5-10,18-20H,11H2,1-4H3. The first-order chi connectivity index (χ1) is 9.47. The molecule has 0 aliphatic rings. The molecule has 0 fully saturated rings. The maximum Gasteiger partial charge on any atom is 0.0962 e. The molecule has 106 valence electrons. The highest BCUT2D eigenvalue weighted by Gasteiger charge is 2.08. The molecular formula is C18H23NO. The van der Waals surface area contributed by atoms with E-state index in [4.69, 9.17) is 0 Å². The highest BCUT2D eigenvalue weighted by Crippen LogP contribution is 2.19. The lowest BCUT2D eigenvalue weighted by molar-refractivity contribution is 0.191. The van der Waals surface area contributed by atoms with Crippen LogP contribution in [0.25, 0.3) is 0 Å². The Hall–Kier alpha value is -1.80. The van der Waals surface area contributed by atoms with Crippen molar-refractivity contribution in [3.8, 4) is 0 Å². The molecule has 20 heavy (non-hydrogen) atoms. The van der Waals surface area contributed by atoms with E-state index in [9.17, 15) is 5.11 Å². The van der Waals surface area contributed by atoms with Crippen molar-refractivity contribution in [2.24, 2.45) is 0 Å². The number of rotatable bonds is 4. The van der Waals surface area contributed by atoms with Gasteiger partial charge in [0.2, 0.25) is 0 Å². The summed E-state index contributed by atoms with van der Waals surface area (Å²) in [5.74, 6) is 0. The molecule has 2 aromatic carbocycles. The Kier molecular flexibility index (Phi) is 4.46. The summed E-state index contributed by atoms with van der Waals surface area (Å²) in [5.41, 5.74) is 7.03. The van der Waals surface area contributed by atoms with Gasteiger partial charge in [-0.2, -0.15) is 0 Å². The lowest BCUT2D eigenvalue weighted by Crippen LogP contribution is -2.12. The second kappa shape index (κ2) is 6.10. The number of aliphatic hydroxyl groups is 1. The molecule has 0 aliphatic carbocycles. The molecule has 1 unspecified atom stereocenters. The van der Waals surface area contributed by atoms with E-state index in [2.05, 4.69) is 63.3 Å². The molecule has 2 heteroatoms. The fourth-order valence-electron chi connectivity index (χ4n) is 2.16. The Morgan fingerprint density at radius 1 is 0.850 bits per heavy atom. The third kappa shape index (κ3) is 3.40. The Labute approximate surface area is 121 Å². The van der Waals surface area contributed by atoms with Crippen LogP contribution in [0, 0.1) is 27.7 Å². The highest BCUT2D eigenvalue weighted by molar-refractivity contribution is 5.48. The predicted octanol–water partition coefficient (Wildman–Crippen LogP) is 4.07. The minimum Gasteiger partial charge on any atom is -0.387 e. The van der Waals surface area contributed by atoms with Gasteiger partial charge in [-0.3, -0.25) is 0 Å². The van der Waals surface area contributed by atoms with E-state index in [1.54, 1.807) is 0 Å². The second-order valence-electron chi connectivity index (χ2n) is 5.54. The number of hydrogen-bond donors (Lipinski definition) is 2. The van der Waals surface area contributed by atoms with Crippen LogP contribution in [0.5, 0.6) is 0 Å². The molecule has 2 aromatic rings. The molecule has 2 nitrogen and oxygen atoms in total. The molecule has 0 saturated heterocycles. The number of hydrogen-bond acceptors (Lipinski definition) is 2. The minimum absolute atomic E-state index is 0.490. The SMILES string of the molecule is Cc1ccc(NCC(O)c2ccc(C)c(C)c2)cc1C. The third-order valence-electron chi connectivity index (χ3n) is 3.92. The van der Waals surface area contributed by atoms with Gasteiger partial charge < -0.3 is 10.4 Å². The van der Waals surface area contributed by atoms with Crippen molar-refractivity contribution >= 4 is 5.69 Å². The van der Waals surface area contributed by atoms with Crippen LogP contribution >= 0.6 is 0 Å². The molecule has 0 saturated carbocycles. The Bertz CT molecular complexity index is 604. The third-order valence-corrected chi connectivity index (χ3v) is 3.92. The average Bonchev–Trinajstić information content (AvgIpc) is 2.43. The number of benzene rings is 2. The number of aryl methyl sites for hydroxylation is 4. The first kappa shape index (κ1) is 14.6. The minimum atomic E-state index is -0.490. The van der Waals surface area contributed by atoms with Crippen LogP contribution in [0.3, 0.4) is 0 Å². The zero-order valence-corrected chi connectivity index (χ0v) is 12.7. The van der Waals surface area contributed by atoms with E-state index < -0.39 is 6.10 Å². The van der Waals surface area contributed by atoms with Crippen molar-refractivity contribution < 1.29 is 5.11 Å². The lowest BCUT2D eigenvalue weighted by Gasteiger charge is -2.15. The molecule has 0 aromatic heterocycles. The molecule has 2 rings (SSSR count). The average molecular weight is 269 g/mol. The summed E-state index contributed by atoms with van der Waals surface area (Å²) in [6.07, 6.45) is -0.490. The summed E-state index contributed by atoms with van der Waals surface area (Å²) in [7, 11) is 0. The van der Waals surface area contributed by atoms with Gasteiger partial charge in [-0.15, -0.1) is 0 Å². The lowest BCUT2D eigenvalue weighted by atomic mass is 10.0. The Morgan fingerprint density at radius 3 is 2.05 bits per heavy atom. The van der Waals surface area contributed by atoms with Crippen LogP contribution in [-0.2, 0) is 0 Å². The van der Waals surface area contributed by atoms with Crippen molar-refractivity contribution in [3.05, 3.63) is 64.2 Å². The van der Waals surface area contributed by atoms with Crippen LogP contribution in [0.4, 0.5) is 5.69 Å². The van der Waals surface area contributed by atoms with Gasteiger partial charge in [0.25, 0.3) is 0 Å². The van der Waals surface area contributed by atoms with E-state index >= 15 is 0 Å². The van der Waals surface area contributed by atoms with Crippen LogP contribution in [0.15, 0.2) is 36.4 Å². The molecule has 1 atom stereocenters. The summed E-state index contributed by atoms with van der Waals surface area (Å²) in [5, 5.41) is 13.6. The van der Waals surface area contributed by atoms with E-state index in [1.807, 2.05) is 6.07 Å². The van der Waals surface area contributed by atoms with Gasteiger partial charge in [-0.25, -0.2) is 0 Å². The highest BCUT2D eigenvalue weighted by atomic mass is 16.3. The fraction of sp³-hybridized carbons (Fsp3) is 0.333. The zero-order valence-electron chi connectivity index (χ0n) is 12.7. The quantitative estimate of drug-likeness (QED) is 0.877. The van der Waals surface area contributed by atoms with E-state index in [-0.39, 0.29) is 0 Å². The largest absolute Gasteiger partial charge is 0.387 e. The van der Waals surface area contributed by atoms with Crippen molar-refractivity contribution in [2.75, 3.05) is 11.9 Å². The zero-order chi connectivity index (χ0) is 14.7. The first-order valence-electron chi connectivity index (χ1n) is 7.03. The van der Waals surface area contributed by atoms with Gasteiger partial charge in [0.1, 0.15) is 0 Å². The number of aliphatic hydroxyl groups excluding tert-OH is 1. The van der Waals surface area contributed by atoms with Crippen LogP contribution in [0.2, 0.25) is 0 Å². The van der Waals surface area contributed by atoms with Crippen LogP contribution in [-0.4, -0.2) is 11.7 Å². The summed E-state index contributed by atoms with van der Waals surface area (Å²) in [6, 6.07) is 12.4. The van der Waals surface area contributed by atoms with Crippen LogP contribution in [0.1, 0.15) is 33.9 Å². The fourth-order valence-corrected chi connectivity index (χ4v) is 2.16. The normalized spacial score (nSPS) is 12.2. The van der Waals surface area contributed by atoms with Gasteiger partial charge in [0, 0.05) is 12.2 Å². The van der Waals surface area contributed by atoms with Gasteiger partial charge in [-0.05, 0) is 67.6 Å². The number of anilines is 1. The van der Waals surface area contributed by atoms with Crippen molar-refractivity contribution in [1.29, 1.82) is 0 Å². The summed E-state index contributed by atoms with van der Waals surface area (Å²) >= 11 is 0. The first-order valence-corrected chi connectivity index (χ1v) is 7.03. The van der Waals surface area contributed by atoms with E-state index in [0.717, 1.165) is 11.3 Å². The van der Waals surface area contributed by atoms with Crippen LogP contribution < -0.4 is 5.32 Å². The molecule has 0 spiro atoms. The van der Waals surface area contributed by atoms with Crippen molar-refractivity contribution in [3.63, 3.8) is 0 Å². The van der Waals surface area contributed by atoms with Gasteiger partial charge in [-0.1, -0.05) is 24.3 Å². The molecule has 0 amide bonds. The molecule has 0 aliphatic heterocycles. The van der Waals surface area contributed by atoms with Gasteiger partial charge in [0.05, 0.1) is 6.10 Å². The van der Waals surface area contributed by atoms with E-state index in [1.165, 1.54) is 22.3 Å². The Balaban J connectivity index is 2.02. The maximum absolute atomic E-state index is 10.3. The number of nitrogens with one attached hydrogen (secondary N) is 1. The summed E-state index contributed by atoms with van der Waals surface area (Å²) < 4.78 is 0. The van der Waals surface area contributed by atoms with Gasteiger partial charge in [0.15, 0.2) is 0 Å². The second-order valence-corrected chi connectivity index (χ2v) is 5.54. The van der Waals surface area contributed by atoms with Crippen molar-refractivity contribution in [2.45, 2.75) is 33.8 Å². The monoisotopic (exact) mass is 269 g/mol. The Morgan fingerprint density at radius 2 is 1.45 bits per heavy atom. The summed E-state index contributed by atoms with van der Waals surface area (Å²) in [6.45, 7) is 8.87. The topological polar surface area (TPSA) is 32.3 Å². The van der Waals surface area contributed by atoms with E-state index in [0.29, 0.717) is 6.54 Å². The van der Waals surface area contributed by atoms with Gasteiger partial charge >= 0.3 is 0 Å². The van der Waals surface area contributed by atoms with Crippen molar-refractivity contribution in [1.82, 2.24) is 0 Å². The maximum atomic E-state index is 10.3. The molecular weight excluding hydrogens is 246 g/mol. The molecule has 2 N–H and O–H groups in total. The molecule has 0 radical (unpaired) electrons. The smallest absolute Gasteiger partial charge is 0.0962 e.